The summed E-state index contributed by atoms with van der Waals surface area (Å²) in [5.41, 5.74) is 2.56. The SMILES string of the molecule is CCn1cc(CN2CCCN(C(=O)c3cn4ccccc4n3)CC2)cn1. The Labute approximate surface area is 152 Å². The minimum atomic E-state index is 0.0225. The molecular formula is C19H24N6O. The lowest BCUT2D eigenvalue weighted by atomic mass is 10.3. The molecule has 0 bridgehead atoms. The van der Waals surface area contributed by atoms with Crippen LogP contribution in [0.1, 0.15) is 29.4 Å². The van der Waals surface area contributed by atoms with Gasteiger partial charge in [-0.3, -0.25) is 14.4 Å². The Balaban J connectivity index is 1.40. The number of fused-ring (bicyclic) bond motifs is 1. The topological polar surface area (TPSA) is 58.7 Å². The predicted octanol–water partition coefficient (Wildman–Crippen LogP) is 1.90. The van der Waals surface area contributed by atoms with Crippen LogP contribution in [0.2, 0.25) is 0 Å². The minimum Gasteiger partial charge on any atom is -0.336 e. The lowest BCUT2D eigenvalue weighted by Gasteiger charge is -2.21. The van der Waals surface area contributed by atoms with Crippen LogP contribution in [0.3, 0.4) is 0 Å². The first kappa shape index (κ1) is 16.8. The smallest absolute Gasteiger partial charge is 0.274 e. The van der Waals surface area contributed by atoms with E-state index < -0.39 is 0 Å². The van der Waals surface area contributed by atoms with Crippen LogP contribution in [0.4, 0.5) is 0 Å². The fourth-order valence-corrected chi connectivity index (χ4v) is 3.45. The summed E-state index contributed by atoms with van der Waals surface area (Å²) in [7, 11) is 0. The molecule has 4 heterocycles. The van der Waals surface area contributed by atoms with Gasteiger partial charge >= 0.3 is 0 Å². The minimum absolute atomic E-state index is 0.0225. The Morgan fingerprint density at radius 1 is 1.15 bits per heavy atom. The van der Waals surface area contributed by atoms with Gasteiger partial charge in [0.25, 0.3) is 5.91 Å². The summed E-state index contributed by atoms with van der Waals surface area (Å²) in [5, 5.41) is 4.34. The average Bonchev–Trinajstić information content (AvgIpc) is 3.23. The highest BCUT2D eigenvalue weighted by Crippen LogP contribution is 2.12. The van der Waals surface area contributed by atoms with E-state index in [1.807, 2.05) is 50.8 Å². The van der Waals surface area contributed by atoms with Crippen LogP contribution in [0.25, 0.3) is 5.65 Å². The van der Waals surface area contributed by atoms with Crippen LogP contribution in [-0.2, 0) is 13.1 Å². The quantitative estimate of drug-likeness (QED) is 0.720. The van der Waals surface area contributed by atoms with E-state index in [2.05, 4.69) is 28.1 Å². The summed E-state index contributed by atoms with van der Waals surface area (Å²) in [5.74, 6) is 0.0225. The fraction of sp³-hybridized carbons (Fsp3) is 0.421. The van der Waals surface area contributed by atoms with E-state index in [1.165, 1.54) is 5.56 Å². The Bertz CT molecular complexity index is 865. The summed E-state index contributed by atoms with van der Waals surface area (Å²) in [4.78, 5) is 21.6. The molecule has 0 radical (unpaired) electrons. The van der Waals surface area contributed by atoms with Crippen molar-refractivity contribution in [1.82, 2.24) is 29.0 Å². The highest BCUT2D eigenvalue weighted by atomic mass is 16.2. The summed E-state index contributed by atoms with van der Waals surface area (Å²) < 4.78 is 3.84. The molecule has 1 fully saturated rings. The number of carbonyl (C=O) groups is 1. The van der Waals surface area contributed by atoms with Crippen LogP contribution < -0.4 is 0 Å². The van der Waals surface area contributed by atoms with E-state index in [-0.39, 0.29) is 5.91 Å². The predicted molar refractivity (Wildman–Crippen MR) is 98.9 cm³/mol. The maximum absolute atomic E-state index is 12.8. The Kier molecular flexibility index (Phi) is 4.71. The highest BCUT2D eigenvalue weighted by Gasteiger charge is 2.22. The molecular weight excluding hydrogens is 328 g/mol. The van der Waals surface area contributed by atoms with E-state index in [0.717, 1.165) is 51.3 Å². The van der Waals surface area contributed by atoms with Crippen molar-refractivity contribution in [2.45, 2.75) is 26.4 Å². The van der Waals surface area contributed by atoms with Gasteiger partial charge in [-0.2, -0.15) is 5.10 Å². The number of pyridine rings is 1. The summed E-state index contributed by atoms with van der Waals surface area (Å²) in [6, 6.07) is 5.78. The van der Waals surface area contributed by atoms with Gasteiger partial charge < -0.3 is 9.30 Å². The highest BCUT2D eigenvalue weighted by molar-refractivity contribution is 5.93. The molecule has 1 saturated heterocycles. The second-order valence-corrected chi connectivity index (χ2v) is 6.72. The molecule has 136 valence electrons. The maximum Gasteiger partial charge on any atom is 0.274 e. The lowest BCUT2D eigenvalue weighted by Crippen LogP contribution is -2.35. The molecule has 0 spiro atoms. The van der Waals surface area contributed by atoms with E-state index in [4.69, 9.17) is 0 Å². The maximum atomic E-state index is 12.8. The van der Waals surface area contributed by atoms with Crippen molar-refractivity contribution >= 4 is 11.6 Å². The second kappa shape index (κ2) is 7.29. The number of aromatic nitrogens is 4. The molecule has 7 heteroatoms. The average molecular weight is 352 g/mol. The van der Waals surface area contributed by atoms with Crippen LogP contribution in [0.5, 0.6) is 0 Å². The molecule has 1 aliphatic heterocycles. The first-order valence-electron chi connectivity index (χ1n) is 9.19. The number of aryl methyl sites for hydroxylation is 1. The van der Waals surface area contributed by atoms with Crippen LogP contribution in [0, 0.1) is 0 Å². The van der Waals surface area contributed by atoms with E-state index >= 15 is 0 Å². The van der Waals surface area contributed by atoms with Gasteiger partial charge in [-0.05, 0) is 25.5 Å². The van der Waals surface area contributed by atoms with E-state index in [1.54, 1.807) is 0 Å². The third kappa shape index (κ3) is 3.48. The van der Waals surface area contributed by atoms with Gasteiger partial charge in [0.2, 0.25) is 0 Å². The number of amides is 1. The van der Waals surface area contributed by atoms with Crippen LogP contribution >= 0.6 is 0 Å². The fourth-order valence-electron chi connectivity index (χ4n) is 3.45. The van der Waals surface area contributed by atoms with Crippen LogP contribution in [-0.4, -0.2) is 61.1 Å². The number of imidazole rings is 1. The van der Waals surface area contributed by atoms with Crippen molar-refractivity contribution in [3.8, 4) is 0 Å². The van der Waals surface area contributed by atoms with Crippen molar-refractivity contribution in [3.63, 3.8) is 0 Å². The van der Waals surface area contributed by atoms with Crippen molar-refractivity contribution in [1.29, 1.82) is 0 Å². The molecule has 7 nitrogen and oxygen atoms in total. The summed E-state index contributed by atoms with van der Waals surface area (Å²) in [6.45, 7) is 7.23. The van der Waals surface area contributed by atoms with Gasteiger partial charge in [-0.15, -0.1) is 0 Å². The normalized spacial score (nSPS) is 16.1. The van der Waals surface area contributed by atoms with E-state index in [9.17, 15) is 4.79 Å². The van der Waals surface area contributed by atoms with Crippen LogP contribution in [0.15, 0.2) is 43.0 Å². The molecule has 0 aromatic carbocycles. The molecule has 1 aliphatic rings. The molecule has 4 rings (SSSR count). The lowest BCUT2D eigenvalue weighted by molar-refractivity contribution is 0.0756. The zero-order valence-electron chi connectivity index (χ0n) is 15.1. The summed E-state index contributed by atoms with van der Waals surface area (Å²) >= 11 is 0. The molecule has 0 atom stereocenters. The van der Waals surface area contributed by atoms with Crippen molar-refractivity contribution in [2.75, 3.05) is 26.2 Å². The molecule has 0 aliphatic carbocycles. The molecule has 26 heavy (non-hydrogen) atoms. The second-order valence-electron chi connectivity index (χ2n) is 6.72. The van der Waals surface area contributed by atoms with E-state index in [0.29, 0.717) is 5.69 Å². The first-order chi connectivity index (χ1) is 12.7. The van der Waals surface area contributed by atoms with Gasteiger partial charge in [0, 0.05) is 63.4 Å². The monoisotopic (exact) mass is 352 g/mol. The summed E-state index contributed by atoms with van der Waals surface area (Å²) in [6.07, 6.45) is 8.75. The Morgan fingerprint density at radius 3 is 2.88 bits per heavy atom. The third-order valence-corrected chi connectivity index (χ3v) is 4.88. The number of nitrogens with zero attached hydrogens (tertiary/aromatic N) is 6. The van der Waals surface area contributed by atoms with Gasteiger partial charge in [0.1, 0.15) is 11.3 Å². The number of hydrogen-bond donors (Lipinski definition) is 0. The largest absolute Gasteiger partial charge is 0.336 e. The molecule has 3 aromatic heterocycles. The molecule has 3 aromatic rings. The Hall–Kier alpha value is -2.67. The molecule has 0 saturated carbocycles. The standard InChI is InChI=1S/C19H24N6O/c1-2-25-14-16(12-20-25)13-22-7-5-9-23(11-10-22)19(26)17-15-24-8-4-3-6-18(24)21-17/h3-4,6,8,12,14-15H,2,5,7,9-11,13H2,1H3. The zero-order valence-corrected chi connectivity index (χ0v) is 15.1. The van der Waals surface area contributed by atoms with Crippen molar-refractivity contribution in [2.24, 2.45) is 0 Å². The molecule has 0 unspecified atom stereocenters. The van der Waals surface area contributed by atoms with Gasteiger partial charge in [0.15, 0.2) is 0 Å². The zero-order chi connectivity index (χ0) is 17.9. The van der Waals surface area contributed by atoms with Crippen molar-refractivity contribution < 1.29 is 4.79 Å². The number of hydrogen-bond acceptors (Lipinski definition) is 4. The van der Waals surface area contributed by atoms with Gasteiger partial charge in [-0.1, -0.05) is 6.07 Å². The van der Waals surface area contributed by atoms with Gasteiger partial charge in [-0.25, -0.2) is 4.98 Å². The molecule has 1 amide bonds. The third-order valence-electron chi connectivity index (χ3n) is 4.88. The van der Waals surface area contributed by atoms with Crippen molar-refractivity contribution in [3.05, 3.63) is 54.2 Å². The molecule has 0 N–H and O–H groups in total. The Morgan fingerprint density at radius 2 is 2.08 bits per heavy atom. The first-order valence-corrected chi connectivity index (χ1v) is 9.19. The number of rotatable bonds is 4. The van der Waals surface area contributed by atoms with Gasteiger partial charge in [0.05, 0.1) is 6.20 Å². The number of carbonyl (C=O) groups excluding carboxylic acids is 1.